The van der Waals surface area contributed by atoms with Crippen molar-refractivity contribution in [2.75, 3.05) is 26.2 Å². The Labute approximate surface area is 162 Å². The molecule has 0 amide bonds. The van der Waals surface area contributed by atoms with Gasteiger partial charge in [0.15, 0.2) is 6.23 Å². The molecule has 0 spiro atoms. The van der Waals surface area contributed by atoms with E-state index in [2.05, 4.69) is 10.2 Å². The van der Waals surface area contributed by atoms with Crippen LogP contribution in [0.1, 0.15) is 29.9 Å². The van der Waals surface area contributed by atoms with Crippen molar-refractivity contribution < 1.29 is 23.4 Å². The van der Waals surface area contributed by atoms with Crippen LogP contribution in [0.2, 0.25) is 0 Å². The van der Waals surface area contributed by atoms with E-state index in [4.69, 9.17) is 9.84 Å². The third-order valence-corrected chi connectivity index (χ3v) is 4.98. The normalized spacial score (nSPS) is 17.6. The molecular weight excluding hydrogens is 366 g/mol. The Morgan fingerprint density at radius 1 is 1.11 bits per heavy atom. The quantitative estimate of drug-likeness (QED) is 0.704. The van der Waals surface area contributed by atoms with Crippen LogP contribution in [-0.2, 0) is 4.74 Å². The van der Waals surface area contributed by atoms with Gasteiger partial charge >= 0.3 is 6.16 Å². The van der Waals surface area contributed by atoms with Crippen molar-refractivity contribution in [1.82, 2.24) is 10.2 Å². The summed E-state index contributed by atoms with van der Waals surface area (Å²) in [5.74, 6) is -0.533. The minimum absolute atomic E-state index is 0.0372. The van der Waals surface area contributed by atoms with Crippen LogP contribution in [0.5, 0.6) is 0 Å². The molecule has 150 valence electrons. The average Bonchev–Trinajstić information content (AvgIpc) is 2.67. The highest BCUT2D eigenvalue weighted by Gasteiger charge is 2.22. The highest BCUT2D eigenvalue weighted by atomic mass is 19.1. The zero-order valence-electron chi connectivity index (χ0n) is 15.5. The average molecular weight is 390 g/mol. The van der Waals surface area contributed by atoms with Gasteiger partial charge in [-0.3, -0.25) is 10.2 Å². The van der Waals surface area contributed by atoms with Crippen LogP contribution in [0.25, 0.3) is 0 Å². The molecule has 3 rings (SSSR count). The largest absolute Gasteiger partial charge is 0.507 e. The molecule has 0 aliphatic carbocycles. The lowest BCUT2D eigenvalue weighted by Gasteiger charge is -2.32. The van der Waals surface area contributed by atoms with Gasteiger partial charge in [-0.2, -0.15) is 0 Å². The number of piperazine rings is 1. The third-order valence-electron chi connectivity index (χ3n) is 4.98. The van der Waals surface area contributed by atoms with Crippen molar-refractivity contribution in [3.63, 3.8) is 0 Å². The van der Waals surface area contributed by atoms with Crippen LogP contribution < -0.4 is 5.32 Å². The number of carbonyl (C=O) groups is 1. The van der Waals surface area contributed by atoms with Crippen molar-refractivity contribution in [3.05, 3.63) is 71.3 Å². The molecular formula is C21H24F2N2O3. The monoisotopic (exact) mass is 390 g/mol. The summed E-state index contributed by atoms with van der Waals surface area (Å²) in [6.45, 7) is 2.78. The summed E-state index contributed by atoms with van der Waals surface area (Å²) in [5, 5.41) is 11.8. The zero-order chi connectivity index (χ0) is 19.9. The molecule has 1 aliphatic rings. The highest BCUT2D eigenvalue weighted by Crippen LogP contribution is 2.29. The smallest absolute Gasteiger partial charge is 0.450 e. The van der Waals surface area contributed by atoms with Gasteiger partial charge in [0.2, 0.25) is 0 Å². The maximum Gasteiger partial charge on any atom is 0.507 e. The molecule has 1 fully saturated rings. The van der Waals surface area contributed by atoms with Crippen LogP contribution in [0.4, 0.5) is 13.6 Å². The Bertz CT molecular complexity index is 723. The Hall–Kier alpha value is -2.51. The predicted octanol–water partition coefficient (Wildman–Crippen LogP) is 3.80. The number of benzene rings is 2. The summed E-state index contributed by atoms with van der Waals surface area (Å²) >= 11 is 0. The van der Waals surface area contributed by atoms with Crippen molar-refractivity contribution >= 4 is 6.16 Å². The second kappa shape index (κ2) is 9.61. The fourth-order valence-electron chi connectivity index (χ4n) is 3.61. The van der Waals surface area contributed by atoms with Crippen LogP contribution in [0.15, 0.2) is 48.5 Å². The molecule has 2 aromatic carbocycles. The molecule has 2 N–H and O–H groups in total. The topological polar surface area (TPSA) is 61.8 Å². The van der Waals surface area contributed by atoms with E-state index in [1.54, 1.807) is 24.3 Å². The Morgan fingerprint density at radius 3 is 2.21 bits per heavy atom. The van der Waals surface area contributed by atoms with Crippen molar-refractivity contribution in [1.29, 1.82) is 0 Å². The number of nitrogens with zero attached hydrogens (tertiary/aromatic N) is 1. The van der Waals surface area contributed by atoms with E-state index in [0.29, 0.717) is 13.1 Å². The Kier molecular flexibility index (Phi) is 6.95. The van der Waals surface area contributed by atoms with Gasteiger partial charge in [0.1, 0.15) is 11.6 Å². The van der Waals surface area contributed by atoms with E-state index >= 15 is 0 Å². The molecule has 1 atom stereocenters. The van der Waals surface area contributed by atoms with Crippen molar-refractivity contribution in [3.8, 4) is 0 Å². The second-order valence-electron chi connectivity index (χ2n) is 6.93. The number of hydrogen-bond donors (Lipinski definition) is 2. The van der Waals surface area contributed by atoms with E-state index in [1.165, 1.54) is 24.3 Å². The number of ether oxygens (including phenoxy) is 1. The lowest BCUT2D eigenvalue weighted by molar-refractivity contribution is 0.00210. The molecule has 7 heteroatoms. The lowest BCUT2D eigenvalue weighted by Crippen LogP contribution is -2.52. The first-order chi connectivity index (χ1) is 13.5. The first-order valence-electron chi connectivity index (χ1n) is 9.37. The van der Waals surface area contributed by atoms with Crippen LogP contribution in [0.3, 0.4) is 0 Å². The standard InChI is InChI=1S/C21H24F2N2O3/c22-17-7-3-15(4-8-17)19(16-5-9-18(23)10-6-16)2-1-12-25-13-11-24-20(14-25)28-21(26)27/h3-10,19-20,24H,1-2,11-14H2,(H,26,27). The van der Waals surface area contributed by atoms with Gasteiger partial charge in [-0.05, 0) is 54.8 Å². The fraction of sp³-hybridized carbons (Fsp3) is 0.381. The molecule has 0 aromatic heterocycles. The first kappa shape index (κ1) is 20.2. The van der Waals surface area contributed by atoms with Crippen LogP contribution in [-0.4, -0.2) is 48.6 Å². The van der Waals surface area contributed by atoms with Gasteiger partial charge in [0.25, 0.3) is 0 Å². The zero-order valence-corrected chi connectivity index (χ0v) is 15.5. The summed E-state index contributed by atoms with van der Waals surface area (Å²) in [6.07, 6.45) is -0.131. The molecule has 1 unspecified atom stereocenters. The summed E-state index contributed by atoms with van der Waals surface area (Å²) < 4.78 is 31.4. The summed E-state index contributed by atoms with van der Waals surface area (Å²) in [4.78, 5) is 12.9. The van der Waals surface area contributed by atoms with Crippen molar-refractivity contribution in [2.45, 2.75) is 25.0 Å². The van der Waals surface area contributed by atoms with Crippen LogP contribution >= 0.6 is 0 Å². The number of rotatable bonds is 7. The highest BCUT2D eigenvalue weighted by molar-refractivity contribution is 5.57. The maximum absolute atomic E-state index is 13.3. The van der Waals surface area contributed by atoms with Crippen LogP contribution in [0, 0.1) is 11.6 Å². The fourth-order valence-corrected chi connectivity index (χ4v) is 3.61. The summed E-state index contributed by atoms with van der Waals surface area (Å²) in [7, 11) is 0. The number of hydrogen-bond acceptors (Lipinski definition) is 4. The third kappa shape index (κ3) is 5.74. The Morgan fingerprint density at radius 2 is 1.68 bits per heavy atom. The molecule has 2 aromatic rings. The van der Waals surface area contributed by atoms with E-state index < -0.39 is 12.4 Å². The minimum Gasteiger partial charge on any atom is -0.450 e. The number of halogens is 2. The van der Waals surface area contributed by atoms with Gasteiger partial charge in [-0.15, -0.1) is 0 Å². The van der Waals surface area contributed by atoms with Gasteiger partial charge in [0.05, 0.1) is 0 Å². The number of carboxylic acid groups (broad SMARTS) is 1. The van der Waals surface area contributed by atoms with Gasteiger partial charge in [-0.1, -0.05) is 24.3 Å². The molecule has 0 bridgehead atoms. The van der Waals surface area contributed by atoms with E-state index in [9.17, 15) is 13.6 Å². The van der Waals surface area contributed by atoms with Crippen molar-refractivity contribution in [2.24, 2.45) is 0 Å². The predicted molar refractivity (Wildman–Crippen MR) is 101 cm³/mol. The second-order valence-corrected chi connectivity index (χ2v) is 6.93. The molecule has 0 radical (unpaired) electrons. The molecule has 1 heterocycles. The Balaban J connectivity index is 1.62. The SMILES string of the molecule is O=C(O)OC1CN(CCCC(c2ccc(F)cc2)c2ccc(F)cc2)CCN1. The lowest BCUT2D eigenvalue weighted by atomic mass is 9.87. The molecule has 1 saturated heterocycles. The van der Waals surface area contributed by atoms with Gasteiger partial charge in [0, 0.05) is 25.6 Å². The molecule has 28 heavy (non-hydrogen) atoms. The number of nitrogens with one attached hydrogen (secondary N) is 1. The van der Waals surface area contributed by atoms with Gasteiger partial charge < -0.3 is 9.84 Å². The van der Waals surface area contributed by atoms with E-state index in [-0.39, 0.29) is 17.6 Å². The maximum atomic E-state index is 13.3. The molecule has 1 aliphatic heterocycles. The van der Waals surface area contributed by atoms with E-state index in [1.807, 2.05) is 0 Å². The minimum atomic E-state index is -1.29. The summed E-state index contributed by atoms with van der Waals surface area (Å²) in [5.41, 5.74) is 1.97. The first-order valence-corrected chi connectivity index (χ1v) is 9.37. The summed E-state index contributed by atoms with van der Waals surface area (Å²) in [6, 6.07) is 12.8. The van der Waals surface area contributed by atoms with E-state index in [0.717, 1.165) is 37.1 Å². The molecule has 0 saturated carbocycles. The molecule has 5 nitrogen and oxygen atoms in total. The van der Waals surface area contributed by atoms with Gasteiger partial charge in [-0.25, -0.2) is 13.6 Å².